The maximum atomic E-state index is 14.0. The molecule has 0 N–H and O–H groups in total. The van der Waals surface area contributed by atoms with Gasteiger partial charge in [-0.3, -0.25) is 4.90 Å². The highest BCUT2D eigenvalue weighted by Crippen LogP contribution is 2.39. The second-order valence-corrected chi connectivity index (χ2v) is 10.2. The van der Waals surface area contributed by atoms with Gasteiger partial charge in [0.15, 0.2) is 0 Å². The molecule has 37 heavy (non-hydrogen) atoms. The Morgan fingerprint density at radius 1 is 0.730 bits per heavy atom. The predicted octanol–water partition coefficient (Wildman–Crippen LogP) is 7.76. The fraction of sp³-hybridized carbons (Fsp3) is 0.241. The molecular weight excluding hydrogens is 563 g/mol. The lowest BCUT2D eigenvalue weighted by Gasteiger charge is -2.32. The molecular formula is C29H28BrClF3N3. The molecule has 3 nitrogen and oxygen atoms in total. The summed E-state index contributed by atoms with van der Waals surface area (Å²) in [6.07, 6.45) is -4.47. The van der Waals surface area contributed by atoms with Crippen LogP contribution in [0.4, 0.5) is 13.2 Å². The minimum absolute atomic E-state index is 0. The maximum absolute atomic E-state index is 14.0. The van der Waals surface area contributed by atoms with E-state index in [1.165, 1.54) is 17.7 Å². The van der Waals surface area contributed by atoms with E-state index in [0.717, 1.165) is 60.1 Å². The van der Waals surface area contributed by atoms with Crippen LogP contribution in [0.5, 0.6) is 0 Å². The van der Waals surface area contributed by atoms with Crippen LogP contribution in [0.3, 0.4) is 0 Å². The number of benzene rings is 3. The van der Waals surface area contributed by atoms with Crippen molar-refractivity contribution in [3.63, 3.8) is 0 Å². The Bertz CT molecular complexity index is 1330. The van der Waals surface area contributed by atoms with E-state index in [-0.39, 0.29) is 18.1 Å². The standard InChI is InChI=1S/C29H27BrF3N3.ClH/c1-34-16-18-35(19-17-34)20-21-6-8-22(9-7-21)26-14-15-27(23-10-12-24(30)13-11-23)36(26)28-5-3-2-4-25(28)29(31,32)33;/h2-15H,16-20H2,1H3;1H. The third kappa shape index (κ3) is 6.12. The molecule has 1 fully saturated rings. The molecule has 5 rings (SSSR count). The molecule has 8 heteroatoms. The molecule has 1 aromatic heterocycles. The van der Waals surface area contributed by atoms with Gasteiger partial charge in [-0.1, -0.05) is 64.5 Å². The summed E-state index contributed by atoms with van der Waals surface area (Å²) in [6, 6.07) is 25.4. The average molecular weight is 591 g/mol. The first-order chi connectivity index (χ1) is 17.3. The molecule has 4 aromatic rings. The summed E-state index contributed by atoms with van der Waals surface area (Å²) in [5.41, 5.74) is 3.79. The first-order valence-corrected chi connectivity index (χ1v) is 12.7. The minimum Gasteiger partial charge on any atom is -0.309 e. The lowest BCUT2D eigenvalue weighted by Crippen LogP contribution is -2.43. The lowest BCUT2D eigenvalue weighted by atomic mass is 10.1. The van der Waals surface area contributed by atoms with Gasteiger partial charge in [0.25, 0.3) is 0 Å². The van der Waals surface area contributed by atoms with Crippen LogP contribution in [-0.4, -0.2) is 47.6 Å². The van der Waals surface area contributed by atoms with Crippen molar-refractivity contribution in [3.8, 4) is 28.2 Å². The molecule has 194 valence electrons. The summed E-state index contributed by atoms with van der Waals surface area (Å²) in [6.45, 7) is 5.06. The van der Waals surface area contributed by atoms with Crippen LogP contribution in [0.25, 0.3) is 28.2 Å². The van der Waals surface area contributed by atoms with E-state index in [2.05, 4.69) is 44.9 Å². The fourth-order valence-corrected chi connectivity index (χ4v) is 4.99. The molecule has 2 heterocycles. The van der Waals surface area contributed by atoms with Crippen molar-refractivity contribution in [2.75, 3.05) is 33.2 Å². The Morgan fingerprint density at radius 3 is 1.84 bits per heavy atom. The topological polar surface area (TPSA) is 11.4 Å². The zero-order chi connectivity index (χ0) is 25.3. The molecule has 3 aromatic carbocycles. The van der Waals surface area contributed by atoms with Gasteiger partial charge in [0.2, 0.25) is 0 Å². The lowest BCUT2D eigenvalue weighted by molar-refractivity contribution is -0.137. The van der Waals surface area contributed by atoms with Gasteiger partial charge in [0, 0.05) is 37.2 Å². The molecule has 0 atom stereocenters. The number of rotatable bonds is 5. The number of nitrogens with zero attached hydrogens (tertiary/aromatic N) is 3. The highest BCUT2D eigenvalue weighted by Gasteiger charge is 2.34. The number of hydrogen-bond acceptors (Lipinski definition) is 2. The molecule has 0 spiro atoms. The second-order valence-electron chi connectivity index (χ2n) is 9.24. The monoisotopic (exact) mass is 589 g/mol. The number of aromatic nitrogens is 1. The van der Waals surface area contributed by atoms with Crippen molar-refractivity contribution < 1.29 is 13.2 Å². The van der Waals surface area contributed by atoms with Crippen molar-refractivity contribution in [2.24, 2.45) is 0 Å². The van der Waals surface area contributed by atoms with Crippen LogP contribution in [0, 0.1) is 0 Å². The maximum Gasteiger partial charge on any atom is 0.418 e. The fourth-order valence-electron chi connectivity index (χ4n) is 4.72. The number of likely N-dealkylation sites (N-methyl/N-ethyl adjacent to an activating group) is 1. The number of halogens is 5. The SMILES string of the molecule is CN1CCN(Cc2ccc(-c3ccc(-c4ccc(Br)cc4)n3-c3ccccc3C(F)(F)F)cc2)CC1.Cl. The molecule has 0 radical (unpaired) electrons. The molecule has 1 saturated heterocycles. The van der Waals surface area contributed by atoms with Gasteiger partial charge in [-0.2, -0.15) is 13.2 Å². The van der Waals surface area contributed by atoms with Crippen LogP contribution in [-0.2, 0) is 12.7 Å². The summed E-state index contributed by atoms with van der Waals surface area (Å²) >= 11 is 3.44. The van der Waals surface area contributed by atoms with Gasteiger partial charge in [-0.15, -0.1) is 12.4 Å². The quantitative estimate of drug-likeness (QED) is 0.235. The van der Waals surface area contributed by atoms with E-state index in [4.69, 9.17) is 0 Å². The summed E-state index contributed by atoms with van der Waals surface area (Å²) in [5, 5.41) is 0. The molecule has 1 aliphatic heterocycles. The van der Waals surface area contributed by atoms with Gasteiger partial charge >= 0.3 is 6.18 Å². The van der Waals surface area contributed by atoms with Crippen LogP contribution >= 0.6 is 28.3 Å². The summed E-state index contributed by atoms with van der Waals surface area (Å²) in [5.74, 6) is 0. The number of alkyl halides is 3. The zero-order valence-electron chi connectivity index (χ0n) is 20.4. The van der Waals surface area contributed by atoms with Crippen LogP contribution in [0.15, 0.2) is 89.4 Å². The Morgan fingerprint density at radius 2 is 1.27 bits per heavy atom. The van der Waals surface area contributed by atoms with E-state index in [1.54, 1.807) is 10.6 Å². The molecule has 0 amide bonds. The van der Waals surface area contributed by atoms with Crippen LogP contribution in [0.1, 0.15) is 11.1 Å². The van der Waals surface area contributed by atoms with E-state index in [0.29, 0.717) is 5.69 Å². The highest BCUT2D eigenvalue weighted by molar-refractivity contribution is 9.10. The van der Waals surface area contributed by atoms with E-state index in [9.17, 15) is 13.2 Å². The summed E-state index contributed by atoms with van der Waals surface area (Å²) < 4.78 is 44.7. The molecule has 0 bridgehead atoms. The van der Waals surface area contributed by atoms with Crippen molar-refractivity contribution >= 4 is 28.3 Å². The van der Waals surface area contributed by atoms with E-state index >= 15 is 0 Å². The van der Waals surface area contributed by atoms with Crippen molar-refractivity contribution in [3.05, 3.63) is 101 Å². The molecule has 0 saturated carbocycles. The smallest absolute Gasteiger partial charge is 0.309 e. The zero-order valence-corrected chi connectivity index (χ0v) is 22.8. The van der Waals surface area contributed by atoms with Crippen LogP contribution in [0.2, 0.25) is 0 Å². The van der Waals surface area contributed by atoms with Crippen LogP contribution < -0.4 is 0 Å². The first-order valence-electron chi connectivity index (χ1n) is 11.9. The van der Waals surface area contributed by atoms with Gasteiger partial charge in [-0.25, -0.2) is 0 Å². The highest BCUT2D eigenvalue weighted by atomic mass is 79.9. The van der Waals surface area contributed by atoms with Gasteiger partial charge in [-0.05, 0) is 60.1 Å². The summed E-state index contributed by atoms with van der Waals surface area (Å²) in [7, 11) is 2.14. The molecule has 1 aliphatic rings. The Kier molecular flexibility index (Phi) is 8.49. The number of piperazine rings is 1. The first kappa shape index (κ1) is 27.5. The van der Waals surface area contributed by atoms with Crippen molar-refractivity contribution in [1.82, 2.24) is 14.4 Å². The predicted molar refractivity (Wildman–Crippen MR) is 149 cm³/mol. The van der Waals surface area contributed by atoms with Gasteiger partial charge in [0.05, 0.1) is 22.6 Å². The Balaban J connectivity index is 0.00000320. The Hall–Kier alpha value is -2.58. The van der Waals surface area contributed by atoms with Gasteiger partial charge < -0.3 is 9.47 Å². The second kappa shape index (κ2) is 11.4. The molecule has 0 aliphatic carbocycles. The number of hydrogen-bond donors (Lipinski definition) is 0. The minimum atomic E-state index is -4.47. The average Bonchev–Trinajstić information content (AvgIpc) is 3.31. The molecule has 0 unspecified atom stereocenters. The summed E-state index contributed by atoms with van der Waals surface area (Å²) in [4.78, 5) is 4.76. The normalized spacial score (nSPS) is 14.9. The van der Waals surface area contributed by atoms with Gasteiger partial charge in [0.1, 0.15) is 0 Å². The number of para-hydroxylation sites is 1. The van der Waals surface area contributed by atoms with Crippen molar-refractivity contribution in [2.45, 2.75) is 12.7 Å². The third-order valence-corrected chi connectivity index (χ3v) is 7.25. The van der Waals surface area contributed by atoms with Crippen molar-refractivity contribution in [1.29, 1.82) is 0 Å². The Labute approximate surface area is 230 Å². The largest absolute Gasteiger partial charge is 0.418 e. The van der Waals surface area contributed by atoms with E-state index in [1.807, 2.05) is 48.5 Å². The third-order valence-electron chi connectivity index (χ3n) is 6.72. The van der Waals surface area contributed by atoms with E-state index < -0.39 is 11.7 Å².